The molecule has 1 amide bonds. The van der Waals surface area contributed by atoms with Gasteiger partial charge in [-0.2, -0.15) is 0 Å². The van der Waals surface area contributed by atoms with Crippen molar-refractivity contribution in [3.8, 4) is 11.5 Å². The number of aromatic nitrogens is 1. The number of pyridine rings is 1. The van der Waals surface area contributed by atoms with E-state index in [2.05, 4.69) is 65.8 Å². The summed E-state index contributed by atoms with van der Waals surface area (Å²) in [5.74, 6) is -0.930. The minimum atomic E-state index is -0.841. The van der Waals surface area contributed by atoms with E-state index in [0.29, 0.717) is 12.3 Å². The average Bonchev–Trinajstić information content (AvgIpc) is 3.00. The zero-order valence-electron chi connectivity index (χ0n) is 23.6. The van der Waals surface area contributed by atoms with Crippen LogP contribution in [0.25, 0.3) is 0 Å². The standard InChI is InChI=1S/C33H40N2O5/c1-4-9-23-14-16-25(17-15-23)21-27-22(2)40-33(38)28(13-8-12-26(27)20-24-10-6-5-7-11-24)35-32(37)30-31(36)29(39-3)18-19-34-30/h5-7,10-11,14-19,22,26-28,36H,4,8-9,12-13,20-21H2,1-3H3,(H,35,37)/t22-,26+,27-,28-/m0/s1. The van der Waals surface area contributed by atoms with E-state index in [1.807, 2.05) is 13.0 Å². The largest absolute Gasteiger partial charge is 0.503 e. The van der Waals surface area contributed by atoms with E-state index in [1.165, 1.54) is 36.1 Å². The number of rotatable bonds is 9. The minimum Gasteiger partial charge on any atom is -0.503 e. The maximum Gasteiger partial charge on any atom is 0.328 e. The molecule has 7 nitrogen and oxygen atoms in total. The summed E-state index contributed by atoms with van der Waals surface area (Å²) >= 11 is 0. The number of esters is 1. The van der Waals surface area contributed by atoms with Crippen LogP contribution in [0.2, 0.25) is 0 Å². The molecule has 1 aliphatic rings. The second-order valence-electron chi connectivity index (χ2n) is 10.7. The fourth-order valence-corrected chi connectivity index (χ4v) is 5.68. The smallest absolute Gasteiger partial charge is 0.328 e. The molecule has 2 N–H and O–H groups in total. The van der Waals surface area contributed by atoms with Crippen LogP contribution in [0.3, 0.4) is 0 Å². The van der Waals surface area contributed by atoms with Crippen molar-refractivity contribution in [1.82, 2.24) is 10.3 Å². The monoisotopic (exact) mass is 544 g/mol. The Hall–Kier alpha value is -3.87. The molecule has 1 aromatic heterocycles. The molecule has 3 aromatic rings. The molecule has 1 saturated heterocycles. The van der Waals surface area contributed by atoms with E-state index in [9.17, 15) is 14.7 Å². The van der Waals surface area contributed by atoms with Gasteiger partial charge in [0.05, 0.1) is 7.11 Å². The molecule has 2 aromatic carbocycles. The van der Waals surface area contributed by atoms with Crippen molar-refractivity contribution < 1.29 is 24.2 Å². The molecule has 1 fully saturated rings. The quantitative estimate of drug-likeness (QED) is 0.337. The third kappa shape index (κ3) is 7.40. The SMILES string of the molecule is CCCc1ccc(C[C@@H]2[C@@H](Cc3ccccc3)CCC[C@H](NC(=O)c3nccc(OC)c3O)C(=O)O[C@H]2C)cc1. The highest BCUT2D eigenvalue weighted by Gasteiger charge is 2.35. The number of carbonyl (C=O) groups excluding carboxylic acids is 2. The van der Waals surface area contributed by atoms with Crippen LogP contribution < -0.4 is 10.1 Å². The van der Waals surface area contributed by atoms with Crippen molar-refractivity contribution in [1.29, 1.82) is 0 Å². The molecule has 0 bridgehead atoms. The Labute approximate surface area is 236 Å². The number of aromatic hydroxyl groups is 1. The van der Waals surface area contributed by atoms with E-state index in [4.69, 9.17) is 9.47 Å². The van der Waals surface area contributed by atoms with Gasteiger partial charge in [0, 0.05) is 18.2 Å². The van der Waals surface area contributed by atoms with Crippen molar-refractivity contribution in [2.24, 2.45) is 11.8 Å². The summed E-state index contributed by atoms with van der Waals surface area (Å²) in [6.45, 7) is 4.15. The van der Waals surface area contributed by atoms with Gasteiger partial charge in [-0.15, -0.1) is 0 Å². The van der Waals surface area contributed by atoms with E-state index in [-0.39, 0.29) is 29.2 Å². The van der Waals surface area contributed by atoms with Gasteiger partial charge in [0.2, 0.25) is 0 Å². The first-order valence-electron chi connectivity index (χ1n) is 14.2. The fourth-order valence-electron chi connectivity index (χ4n) is 5.68. The van der Waals surface area contributed by atoms with Crippen molar-refractivity contribution in [2.75, 3.05) is 7.11 Å². The highest BCUT2D eigenvalue weighted by atomic mass is 16.5. The van der Waals surface area contributed by atoms with Crippen LogP contribution in [0.4, 0.5) is 0 Å². The number of ether oxygens (including phenoxy) is 2. The van der Waals surface area contributed by atoms with Crippen LogP contribution in [-0.4, -0.2) is 41.2 Å². The first-order valence-corrected chi connectivity index (χ1v) is 14.2. The number of aryl methyl sites for hydroxylation is 1. The molecule has 0 unspecified atom stereocenters. The second-order valence-corrected chi connectivity index (χ2v) is 10.7. The lowest BCUT2D eigenvalue weighted by atomic mass is 9.77. The number of methoxy groups -OCH3 is 1. The number of amides is 1. The Bertz CT molecular complexity index is 1260. The van der Waals surface area contributed by atoms with Crippen molar-refractivity contribution in [2.45, 2.75) is 70.9 Å². The van der Waals surface area contributed by atoms with Crippen LogP contribution in [0.15, 0.2) is 66.9 Å². The fraction of sp³-hybridized carbons (Fsp3) is 0.424. The summed E-state index contributed by atoms with van der Waals surface area (Å²) < 4.78 is 11.1. The molecule has 2 heterocycles. The summed E-state index contributed by atoms with van der Waals surface area (Å²) in [5.41, 5.74) is 3.63. The van der Waals surface area contributed by atoms with E-state index < -0.39 is 17.9 Å². The molecular formula is C33H40N2O5. The number of nitrogens with zero attached hydrogens (tertiary/aromatic N) is 1. The number of cyclic esters (lactones) is 1. The Morgan fingerprint density at radius 3 is 2.42 bits per heavy atom. The maximum atomic E-state index is 13.3. The Kier molecular flexibility index (Phi) is 10.2. The topological polar surface area (TPSA) is 97.8 Å². The molecule has 212 valence electrons. The minimum absolute atomic E-state index is 0.111. The van der Waals surface area contributed by atoms with Crippen LogP contribution in [0, 0.1) is 11.8 Å². The Morgan fingerprint density at radius 1 is 1.02 bits per heavy atom. The van der Waals surface area contributed by atoms with Crippen molar-refractivity contribution in [3.05, 3.63) is 89.2 Å². The molecule has 4 rings (SSSR count). The van der Waals surface area contributed by atoms with Gasteiger partial charge in [-0.1, -0.05) is 74.4 Å². The second kappa shape index (κ2) is 14.0. The van der Waals surface area contributed by atoms with E-state index >= 15 is 0 Å². The predicted molar refractivity (Wildman–Crippen MR) is 154 cm³/mol. The predicted octanol–water partition coefficient (Wildman–Crippen LogP) is 5.68. The molecule has 7 heteroatoms. The average molecular weight is 545 g/mol. The van der Waals surface area contributed by atoms with E-state index in [1.54, 1.807) is 0 Å². The molecule has 4 atom stereocenters. The third-order valence-corrected chi connectivity index (χ3v) is 7.86. The highest BCUT2D eigenvalue weighted by molar-refractivity contribution is 5.97. The van der Waals surface area contributed by atoms with Crippen molar-refractivity contribution in [3.63, 3.8) is 0 Å². The van der Waals surface area contributed by atoms with Gasteiger partial charge < -0.3 is 19.9 Å². The lowest BCUT2D eigenvalue weighted by molar-refractivity contribution is -0.153. The van der Waals surface area contributed by atoms with Gasteiger partial charge in [0.25, 0.3) is 5.91 Å². The summed E-state index contributed by atoms with van der Waals surface area (Å²) in [6.07, 6.45) is 6.96. The number of hydrogen-bond donors (Lipinski definition) is 2. The Balaban J connectivity index is 1.55. The zero-order valence-corrected chi connectivity index (χ0v) is 23.6. The summed E-state index contributed by atoms with van der Waals surface area (Å²) in [4.78, 5) is 30.3. The van der Waals surface area contributed by atoms with Gasteiger partial charge >= 0.3 is 5.97 Å². The molecule has 0 saturated carbocycles. The van der Waals surface area contributed by atoms with Crippen molar-refractivity contribution >= 4 is 11.9 Å². The zero-order chi connectivity index (χ0) is 28.5. The summed E-state index contributed by atoms with van der Waals surface area (Å²) in [6, 6.07) is 19.9. The lowest BCUT2D eigenvalue weighted by Crippen LogP contribution is -2.43. The summed E-state index contributed by atoms with van der Waals surface area (Å²) in [7, 11) is 1.40. The number of carbonyl (C=O) groups is 2. The molecular weight excluding hydrogens is 504 g/mol. The molecule has 1 aliphatic heterocycles. The van der Waals surface area contributed by atoms with Crippen LogP contribution in [0.5, 0.6) is 11.5 Å². The first kappa shape index (κ1) is 29.1. The van der Waals surface area contributed by atoms with Gasteiger partial charge in [0.15, 0.2) is 17.2 Å². The maximum absolute atomic E-state index is 13.3. The van der Waals surface area contributed by atoms with Gasteiger partial charge in [-0.25, -0.2) is 9.78 Å². The molecule has 0 radical (unpaired) electrons. The van der Waals surface area contributed by atoms with Crippen LogP contribution in [-0.2, 0) is 28.8 Å². The van der Waals surface area contributed by atoms with Crippen LogP contribution in [0.1, 0.15) is 66.7 Å². The van der Waals surface area contributed by atoms with Gasteiger partial charge in [-0.05, 0) is 61.6 Å². The lowest BCUT2D eigenvalue weighted by Gasteiger charge is -2.31. The van der Waals surface area contributed by atoms with Gasteiger partial charge in [0.1, 0.15) is 12.1 Å². The summed E-state index contributed by atoms with van der Waals surface area (Å²) in [5, 5.41) is 13.1. The number of nitrogens with one attached hydrogen (secondary N) is 1. The molecule has 0 spiro atoms. The Morgan fingerprint density at radius 2 is 1.73 bits per heavy atom. The third-order valence-electron chi connectivity index (χ3n) is 7.86. The first-order chi connectivity index (χ1) is 19.4. The number of hydrogen-bond acceptors (Lipinski definition) is 6. The van der Waals surface area contributed by atoms with E-state index in [0.717, 1.165) is 38.5 Å². The molecule has 40 heavy (non-hydrogen) atoms. The highest BCUT2D eigenvalue weighted by Crippen LogP contribution is 2.33. The number of benzene rings is 2. The normalized spacial score (nSPS) is 21.4. The van der Waals surface area contributed by atoms with Gasteiger partial charge in [-0.3, -0.25) is 4.79 Å². The molecule has 0 aliphatic carbocycles. The van der Waals surface area contributed by atoms with Crippen LogP contribution >= 0.6 is 0 Å².